The van der Waals surface area contributed by atoms with Crippen molar-refractivity contribution in [1.82, 2.24) is 4.98 Å². The molecule has 0 radical (unpaired) electrons. The topological polar surface area (TPSA) is 38.9 Å². The van der Waals surface area contributed by atoms with Crippen LogP contribution in [0.2, 0.25) is 5.02 Å². The molecule has 90 valence electrons. The molecule has 1 aliphatic rings. The van der Waals surface area contributed by atoms with Crippen molar-refractivity contribution in [2.45, 2.75) is 19.3 Å². The molecule has 0 bridgehead atoms. The van der Waals surface area contributed by atoms with Gasteiger partial charge in [-0.1, -0.05) is 23.1 Å². The van der Waals surface area contributed by atoms with E-state index in [2.05, 4.69) is 18.9 Å². The average molecular weight is 257 g/mol. The maximum absolute atomic E-state index is 6.09. The largest absolute Gasteiger partial charge is 0.398 e. The molecule has 0 spiro atoms. The second-order valence-electron chi connectivity index (χ2n) is 4.94. The summed E-state index contributed by atoms with van der Waals surface area (Å²) in [6, 6.07) is 6.23. The van der Waals surface area contributed by atoms with E-state index in [1.54, 1.807) is 0 Å². The number of halogens is 1. The second-order valence-corrected chi connectivity index (χ2v) is 5.34. The molecule has 0 atom stereocenters. The average Bonchev–Trinajstić information content (AvgIpc) is 2.50. The molecule has 1 aliphatic carbocycles. The van der Waals surface area contributed by atoms with E-state index in [0.29, 0.717) is 10.7 Å². The lowest BCUT2D eigenvalue weighted by Gasteiger charge is -2.08. The number of nitrogen functional groups attached to an aromatic ring is 1. The molecule has 18 heavy (non-hydrogen) atoms. The quantitative estimate of drug-likeness (QED) is 0.569. The van der Waals surface area contributed by atoms with Gasteiger partial charge in [0.15, 0.2) is 0 Å². The number of aryl methyl sites for hydroxylation is 2. The zero-order valence-corrected chi connectivity index (χ0v) is 11.1. The molecule has 3 rings (SSSR count). The maximum Gasteiger partial charge on any atom is 0.141 e. The Bertz CT molecular complexity index is 625. The number of nitrogens with two attached hydrogens (primary N) is 1. The van der Waals surface area contributed by atoms with Crippen LogP contribution in [0.25, 0.3) is 0 Å². The zero-order valence-electron chi connectivity index (χ0n) is 10.3. The molecule has 0 aliphatic heterocycles. The lowest BCUT2D eigenvalue weighted by molar-refractivity contribution is 0.955. The summed E-state index contributed by atoms with van der Waals surface area (Å²) >= 11 is 6.09. The fourth-order valence-electron chi connectivity index (χ4n) is 2.56. The van der Waals surface area contributed by atoms with Gasteiger partial charge in [-0.3, -0.25) is 4.98 Å². The van der Waals surface area contributed by atoms with Gasteiger partial charge in [0.1, 0.15) is 7.85 Å². The van der Waals surface area contributed by atoms with Crippen molar-refractivity contribution in [2.24, 2.45) is 0 Å². The highest BCUT2D eigenvalue weighted by Gasteiger charge is 2.15. The van der Waals surface area contributed by atoms with E-state index in [4.69, 9.17) is 17.3 Å². The summed E-state index contributed by atoms with van der Waals surface area (Å²) in [5.41, 5.74) is 12.8. The van der Waals surface area contributed by atoms with Gasteiger partial charge in [-0.25, -0.2) is 0 Å². The minimum atomic E-state index is 0.656. The number of pyridine rings is 1. The Kier molecular flexibility index (Phi) is 2.79. The Morgan fingerprint density at radius 3 is 2.72 bits per heavy atom. The summed E-state index contributed by atoms with van der Waals surface area (Å²) in [6.45, 7) is 0. The molecule has 1 heterocycles. The summed E-state index contributed by atoms with van der Waals surface area (Å²) in [6.07, 6.45) is 4.82. The third-order valence-corrected chi connectivity index (χ3v) is 3.86. The predicted octanol–water partition coefficient (Wildman–Crippen LogP) is 1.27. The van der Waals surface area contributed by atoms with Crippen LogP contribution in [0.3, 0.4) is 0 Å². The number of nitrogens with zero attached hydrogens (tertiary/aromatic N) is 1. The van der Waals surface area contributed by atoms with Crippen LogP contribution in [-0.4, -0.2) is 12.8 Å². The molecule has 2 nitrogen and oxygen atoms in total. The van der Waals surface area contributed by atoms with Gasteiger partial charge >= 0.3 is 0 Å². The maximum atomic E-state index is 6.09. The first kappa shape index (κ1) is 11.6. The van der Waals surface area contributed by atoms with Crippen LogP contribution >= 0.6 is 11.6 Å². The molecular weight excluding hydrogens is 242 g/mol. The summed E-state index contributed by atoms with van der Waals surface area (Å²) in [7, 11) is 2.08. The van der Waals surface area contributed by atoms with E-state index >= 15 is 0 Å². The molecule has 0 saturated carbocycles. The molecule has 4 heteroatoms. The first-order valence-electron chi connectivity index (χ1n) is 6.14. The highest BCUT2D eigenvalue weighted by atomic mass is 35.5. The number of fused-ring (bicyclic) bond motifs is 2. The highest BCUT2D eigenvalue weighted by molar-refractivity contribution is 6.33. The molecule has 0 fully saturated rings. The van der Waals surface area contributed by atoms with E-state index in [1.807, 2.05) is 18.3 Å². The van der Waals surface area contributed by atoms with Gasteiger partial charge in [-0.15, -0.1) is 0 Å². The number of hydrogen-bond acceptors (Lipinski definition) is 2. The van der Waals surface area contributed by atoms with Gasteiger partial charge in [-0.05, 0) is 41.7 Å². The van der Waals surface area contributed by atoms with Crippen LogP contribution in [-0.2, 0) is 19.3 Å². The van der Waals surface area contributed by atoms with Crippen molar-refractivity contribution in [1.29, 1.82) is 0 Å². The van der Waals surface area contributed by atoms with Crippen molar-refractivity contribution in [3.05, 3.63) is 51.8 Å². The molecule has 0 amide bonds. The van der Waals surface area contributed by atoms with E-state index in [0.717, 1.165) is 19.3 Å². The Labute approximate surface area is 113 Å². The van der Waals surface area contributed by atoms with E-state index in [9.17, 15) is 0 Å². The fourth-order valence-corrected chi connectivity index (χ4v) is 2.75. The van der Waals surface area contributed by atoms with E-state index < -0.39 is 0 Å². The summed E-state index contributed by atoms with van der Waals surface area (Å²) in [5, 5.41) is 0.656. The minimum absolute atomic E-state index is 0.656. The number of anilines is 1. The van der Waals surface area contributed by atoms with Gasteiger partial charge in [0.05, 0.1) is 10.7 Å². The first-order valence-corrected chi connectivity index (χ1v) is 6.52. The van der Waals surface area contributed by atoms with Gasteiger partial charge in [0.2, 0.25) is 0 Å². The minimum Gasteiger partial charge on any atom is -0.398 e. The van der Waals surface area contributed by atoms with E-state index in [-0.39, 0.29) is 0 Å². The molecule has 2 aromatic rings. The van der Waals surface area contributed by atoms with Gasteiger partial charge in [-0.2, -0.15) is 0 Å². The lowest BCUT2D eigenvalue weighted by atomic mass is 9.94. The molecule has 0 saturated heterocycles. The predicted molar refractivity (Wildman–Crippen MR) is 78.5 cm³/mol. The van der Waals surface area contributed by atoms with Gasteiger partial charge in [0, 0.05) is 18.3 Å². The summed E-state index contributed by atoms with van der Waals surface area (Å²) in [4.78, 5) is 4.56. The number of benzene rings is 1. The zero-order chi connectivity index (χ0) is 12.7. The van der Waals surface area contributed by atoms with Crippen LogP contribution in [0.5, 0.6) is 0 Å². The lowest BCUT2D eigenvalue weighted by Crippen LogP contribution is -2.08. The Morgan fingerprint density at radius 2 is 1.89 bits per heavy atom. The number of hydrogen-bond donors (Lipinski definition) is 1. The fraction of sp³-hybridized carbons (Fsp3) is 0.214. The summed E-state index contributed by atoms with van der Waals surface area (Å²) in [5.74, 6) is 0. The highest BCUT2D eigenvalue weighted by Crippen LogP contribution is 2.29. The standard InChI is InChI=1S/C14H14BClN2/c15-11-3-9-2-1-8-4-12(16)13(17)5-10(8)6-14(9)18-7-11/h3-5,7H,1-2,6,15,17H2. The Hall–Kier alpha value is -1.48. The van der Waals surface area contributed by atoms with Crippen molar-refractivity contribution >= 4 is 30.6 Å². The van der Waals surface area contributed by atoms with Crippen LogP contribution in [0, 0.1) is 0 Å². The van der Waals surface area contributed by atoms with Crippen LogP contribution in [0.1, 0.15) is 22.4 Å². The van der Waals surface area contributed by atoms with Crippen molar-refractivity contribution in [3.63, 3.8) is 0 Å². The van der Waals surface area contributed by atoms with Crippen molar-refractivity contribution in [3.8, 4) is 0 Å². The molecule has 1 aromatic heterocycles. The van der Waals surface area contributed by atoms with Crippen molar-refractivity contribution < 1.29 is 0 Å². The van der Waals surface area contributed by atoms with Crippen LogP contribution in [0.15, 0.2) is 24.4 Å². The number of aromatic nitrogens is 1. The normalized spacial score (nSPS) is 13.6. The molecule has 1 aromatic carbocycles. The van der Waals surface area contributed by atoms with E-state index in [1.165, 1.54) is 27.8 Å². The third kappa shape index (κ3) is 1.99. The monoisotopic (exact) mass is 256 g/mol. The molecule has 0 unspecified atom stereocenters. The SMILES string of the molecule is Bc1cnc2c(c1)CCc1cc(Cl)c(N)cc1C2. The third-order valence-electron chi connectivity index (χ3n) is 3.54. The molecule has 2 N–H and O–H groups in total. The van der Waals surface area contributed by atoms with Gasteiger partial charge < -0.3 is 5.73 Å². The second kappa shape index (κ2) is 4.32. The smallest absolute Gasteiger partial charge is 0.141 e. The van der Waals surface area contributed by atoms with Crippen LogP contribution in [0.4, 0.5) is 5.69 Å². The van der Waals surface area contributed by atoms with Crippen LogP contribution < -0.4 is 11.2 Å². The van der Waals surface area contributed by atoms with Crippen molar-refractivity contribution in [2.75, 3.05) is 5.73 Å². The summed E-state index contributed by atoms with van der Waals surface area (Å²) < 4.78 is 0. The van der Waals surface area contributed by atoms with Gasteiger partial charge in [0.25, 0.3) is 0 Å². The Balaban J connectivity index is 2.09. The Morgan fingerprint density at radius 1 is 1.11 bits per heavy atom. The molecular formula is C14H14BClN2. The number of rotatable bonds is 0. The first-order chi connectivity index (χ1) is 8.63.